The van der Waals surface area contributed by atoms with E-state index in [2.05, 4.69) is 17.2 Å². The quantitative estimate of drug-likeness (QED) is 0.801. The third kappa shape index (κ3) is 3.12. The van der Waals surface area contributed by atoms with Gasteiger partial charge in [-0.25, -0.2) is 4.68 Å². The first-order chi connectivity index (χ1) is 9.28. The SMILES string of the molecule is CCC(COC)n1cc(-c2ccc(OC)cc2)nn1. The fourth-order valence-electron chi connectivity index (χ4n) is 1.92. The third-order valence-corrected chi connectivity index (χ3v) is 3.10. The number of hydrogen-bond acceptors (Lipinski definition) is 4. The molecule has 5 nitrogen and oxygen atoms in total. The van der Waals surface area contributed by atoms with Gasteiger partial charge in [0.2, 0.25) is 0 Å². The van der Waals surface area contributed by atoms with Gasteiger partial charge in [-0.05, 0) is 30.7 Å². The van der Waals surface area contributed by atoms with Gasteiger partial charge in [-0.1, -0.05) is 12.1 Å². The maximum atomic E-state index is 5.19. The number of rotatable bonds is 6. The van der Waals surface area contributed by atoms with E-state index in [1.165, 1.54) is 0 Å². The molecule has 1 aromatic carbocycles. The van der Waals surface area contributed by atoms with Crippen LogP contribution in [-0.2, 0) is 4.74 Å². The van der Waals surface area contributed by atoms with Crippen LogP contribution >= 0.6 is 0 Å². The van der Waals surface area contributed by atoms with Gasteiger partial charge in [-0.2, -0.15) is 0 Å². The molecular formula is C14H19N3O2. The lowest BCUT2D eigenvalue weighted by Crippen LogP contribution is -2.14. The Kier molecular flexibility index (Phi) is 4.52. The second kappa shape index (κ2) is 6.33. The maximum Gasteiger partial charge on any atom is 0.118 e. The van der Waals surface area contributed by atoms with Crippen molar-refractivity contribution < 1.29 is 9.47 Å². The predicted molar refractivity (Wildman–Crippen MR) is 73.2 cm³/mol. The summed E-state index contributed by atoms with van der Waals surface area (Å²) < 4.78 is 12.2. The molecule has 1 atom stereocenters. The van der Waals surface area contributed by atoms with Crippen molar-refractivity contribution in [3.63, 3.8) is 0 Å². The van der Waals surface area contributed by atoms with Crippen LogP contribution in [0, 0.1) is 0 Å². The van der Waals surface area contributed by atoms with Gasteiger partial charge >= 0.3 is 0 Å². The van der Waals surface area contributed by atoms with Crippen molar-refractivity contribution in [3.05, 3.63) is 30.5 Å². The molecule has 19 heavy (non-hydrogen) atoms. The van der Waals surface area contributed by atoms with E-state index in [9.17, 15) is 0 Å². The van der Waals surface area contributed by atoms with Gasteiger partial charge < -0.3 is 9.47 Å². The molecule has 0 N–H and O–H groups in total. The number of aromatic nitrogens is 3. The Bertz CT molecular complexity index is 508. The molecule has 1 aromatic heterocycles. The molecule has 1 heterocycles. The smallest absolute Gasteiger partial charge is 0.118 e. The van der Waals surface area contributed by atoms with Crippen LogP contribution in [-0.4, -0.2) is 35.8 Å². The van der Waals surface area contributed by atoms with E-state index in [-0.39, 0.29) is 6.04 Å². The zero-order valence-corrected chi connectivity index (χ0v) is 11.5. The van der Waals surface area contributed by atoms with Gasteiger partial charge in [0.25, 0.3) is 0 Å². The molecule has 0 aliphatic rings. The van der Waals surface area contributed by atoms with E-state index in [0.29, 0.717) is 6.61 Å². The highest BCUT2D eigenvalue weighted by atomic mass is 16.5. The first-order valence-electron chi connectivity index (χ1n) is 6.33. The average Bonchev–Trinajstić information content (AvgIpc) is 2.94. The molecule has 2 rings (SSSR count). The zero-order valence-electron chi connectivity index (χ0n) is 11.5. The molecular weight excluding hydrogens is 242 g/mol. The molecule has 102 valence electrons. The van der Waals surface area contributed by atoms with Crippen LogP contribution in [0.15, 0.2) is 30.5 Å². The van der Waals surface area contributed by atoms with Crippen LogP contribution in [0.5, 0.6) is 5.75 Å². The monoisotopic (exact) mass is 261 g/mol. The van der Waals surface area contributed by atoms with Gasteiger partial charge in [-0.15, -0.1) is 5.10 Å². The number of hydrogen-bond donors (Lipinski definition) is 0. The molecule has 5 heteroatoms. The summed E-state index contributed by atoms with van der Waals surface area (Å²) >= 11 is 0. The van der Waals surface area contributed by atoms with Gasteiger partial charge in [0, 0.05) is 12.7 Å². The van der Waals surface area contributed by atoms with E-state index >= 15 is 0 Å². The highest BCUT2D eigenvalue weighted by molar-refractivity contribution is 5.58. The number of ether oxygens (including phenoxy) is 2. The van der Waals surface area contributed by atoms with E-state index in [1.807, 2.05) is 35.1 Å². The van der Waals surface area contributed by atoms with Crippen LogP contribution in [0.4, 0.5) is 0 Å². The summed E-state index contributed by atoms with van der Waals surface area (Å²) in [6.45, 7) is 2.75. The molecule has 0 spiro atoms. The van der Waals surface area contributed by atoms with E-state index in [4.69, 9.17) is 9.47 Å². The van der Waals surface area contributed by atoms with Crippen LogP contribution in [0.3, 0.4) is 0 Å². The van der Waals surface area contributed by atoms with Crippen molar-refractivity contribution in [2.24, 2.45) is 0 Å². The van der Waals surface area contributed by atoms with Crippen LogP contribution in [0.2, 0.25) is 0 Å². The lowest BCUT2D eigenvalue weighted by atomic mass is 10.1. The predicted octanol–water partition coefficient (Wildman–Crippen LogP) is 2.55. The minimum absolute atomic E-state index is 0.226. The first kappa shape index (κ1) is 13.5. The molecule has 0 saturated carbocycles. The van der Waals surface area contributed by atoms with Crippen molar-refractivity contribution in [2.45, 2.75) is 19.4 Å². The molecule has 0 saturated heterocycles. The Labute approximate surface area is 113 Å². The Balaban J connectivity index is 2.19. The van der Waals surface area contributed by atoms with Crippen molar-refractivity contribution >= 4 is 0 Å². The maximum absolute atomic E-state index is 5.19. The Morgan fingerprint density at radius 2 is 1.95 bits per heavy atom. The summed E-state index contributed by atoms with van der Waals surface area (Å²) in [6, 6.07) is 8.01. The molecule has 0 fully saturated rings. The third-order valence-electron chi connectivity index (χ3n) is 3.10. The molecule has 0 bridgehead atoms. The van der Waals surface area contributed by atoms with Crippen molar-refractivity contribution in [1.29, 1.82) is 0 Å². The summed E-state index contributed by atoms with van der Waals surface area (Å²) in [7, 11) is 3.35. The Morgan fingerprint density at radius 1 is 1.21 bits per heavy atom. The fraction of sp³-hybridized carbons (Fsp3) is 0.429. The normalized spacial score (nSPS) is 12.4. The Hall–Kier alpha value is -1.88. The fourth-order valence-corrected chi connectivity index (χ4v) is 1.92. The van der Waals surface area contributed by atoms with Crippen molar-refractivity contribution in [1.82, 2.24) is 15.0 Å². The van der Waals surface area contributed by atoms with E-state index in [0.717, 1.165) is 23.4 Å². The Morgan fingerprint density at radius 3 is 2.53 bits per heavy atom. The number of methoxy groups -OCH3 is 2. The highest BCUT2D eigenvalue weighted by Gasteiger charge is 2.11. The summed E-state index contributed by atoms with van der Waals surface area (Å²) in [5.41, 5.74) is 1.89. The standard InChI is InChI=1S/C14H19N3O2/c1-4-12(10-18-2)17-9-14(15-16-17)11-5-7-13(19-3)8-6-11/h5-9,12H,4,10H2,1-3H3. The zero-order chi connectivity index (χ0) is 13.7. The van der Waals surface area contributed by atoms with Crippen LogP contribution in [0.1, 0.15) is 19.4 Å². The minimum Gasteiger partial charge on any atom is -0.497 e. The molecule has 0 aliphatic heterocycles. The summed E-state index contributed by atoms with van der Waals surface area (Å²) in [5.74, 6) is 0.835. The van der Waals surface area contributed by atoms with Gasteiger partial charge in [0.05, 0.1) is 26.0 Å². The van der Waals surface area contributed by atoms with Crippen LogP contribution < -0.4 is 4.74 Å². The average molecular weight is 261 g/mol. The van der Waals surface area contributed by atoms with E-state index < -0.39 is 0 Å². The van der Waals surface area contributed by atoms with Gasteiger partial charge in [-0.3, -0.25) is 0 Å². The number of nitrogens with zero attached hydrogens (tertiary/aromatic N) is 3. The number of benzene rings is 1. The first-order valence-corrected chi connectivity index (χ1v) is 6.33. The molecule has 0 amide bonds. The second-order valence-corrected chi connectivity index (χ2v) is 4.33. The largest absolute Gasteiger partial charge is 0.497 e. The second-order valence-electron chi connectivity index (χ2n) is 4.33. The van der Waals surface area contributed by atoms with Crippen molar-refractivity contribution in [3.8, 4) is 17.0 Å². The topological polar surface area (TPSA) is 49.2 Å². The molecule has 2 aromatic rings. The molecule has 0 radical (unpaired) electrons. The summed E-state index contributed by atoms with van der Waals surface area (Å²) in [4.78, 5) is 0. The van der Waals surface area contributed by atoms with Gasteiger partial charge in [0.15, 0.2) is 0 Å². The van der Waals surface area contributed by atoms with Gasteiger partial charge in [0.1, 0.15) is 11.4 Å². The molecule has 1 unspecified atom stereocenters. The van der Waals surface area contributed by atoms with Crippen LogP contribution in [0.25, 0.3) is 11.3 Å². The lowest BCUT2D eigenvalue weighted by molar-refractivity contribution is 0.146. The highest BCUT2D eigenvalue weighted by Crippen LogP contribution is 2.21. The van der Waals surface area contributed by atoms with E-state index in [1.54, 1.807) is 14.2 Å². The summed E-state index contributed by atoms with van der Waals surface area (Å²) in [5, 5.41) is 8.39. The molecule has 0 aliphatic carbocycles. The van der Waals surface area contributed by atoms with Crippen molar-refractivity contribution in [2.75, 3.05) is 20.8 Å². The summed E-state index contributed by atoms with van der Waals surface area (Å²) in [6.07, 6.45) is 2.91. The lowest BCUT2D eigenvalue weighted by Gasteiger charge is -2.12. The minimum atomic E-state index is 0.226.